The number of benzene rings is 3. The quantitative estimate of drug-likeness (QED) is 0.337. The lowest BCUT2D eigenvalue weighted by molar-refractivity contribution is -0.139. The van der Waals surface area contributed by atoms with Gasteiger partial charge in [0.15, 0.2) is 0 Å². The minimum absolute atomic E-state index is 0.00630. The van der Waals surface area contributed by atoms with Crippen molar-refractivity contribution >= 4 is 39.1 Å². The smallest absolute Gasteiger partial charge is 0.264 e. The maximum absolute atomic E-state index is 13.9. The Kier molecular flexibility index (Phi) is 10.4. The van der Waals surface area contributed by atoms with Gasteiger partial charge in [-0.15, -0.1) is 0 Å². The second-order valence-corrected chi connectivity index (χ2v) is 11.4. The van der Waals surface area contributed by atoms with E-state index in [0.717, 1.165) is 16.3 Å². The molecule has 0 saturated heterocycles. The summed E-state index contributed by atoms with van der Waals surface area (Å²) >= 11 is 6.17. The number of nitrogens with one attached hydrogen (secondary N) is 1. The van der Waals surface area contributed by atoms with Crippen LogP contribution in [0.4, 0.5) is 5.69 Å². The van der Waals surface area contributed by atoms with E-state index in [2.05, 4.69) is 5.32 Å². The van der Waals surface area contributed by atoms with E-state index in [1.807, 2.05) is 13.8 Å². The van der Waals surface area contributed by atoms with Crippen molar-refractivity contribution in [2.24, 2.45) is 0 Å². The number of hydrogen-bond acceptors (Lipinski definition) is 5. The van der Waals surface area contributed by atoms with Crippen molar-refractivity contribution in [2.45, 2.75) is 44.7 Å². The molecule has 2 amide bonds. The molecule has 8 nitrogen and oxygen atoms in total. The second kappa shape index (κ2) is 13.5. The van der Waals surface area contributed by atoms with Crippen molar-refractivity contribution in [3.8, 4) is 5.75 Å². The van der Waals surface area contributed by atoms with Gasteiger partial charge < -0.3 is 15.0 Å². The number of carbonyl (C=O) groups excluding carboxylic acids is 2. The molecule has 3 rings (SSSR count). The van der Waals surface area contributed by atoms with Gasteiger partial charge in [-0.3, -0.25) is 13.9 Å². The number of carbonyl (C=O) groups is 2. The molecule has 208 valence electrons. The Balaban J connectivity index is 2.01. The summed E-state index contributed by atoms with van der Waals surface area (Å²) in [4.78, 5) is 28.2. The monoisotopic (exact) mass is 571 g/mol. The van der Waals surface area contributed by atoms with Crippen molar-refractivity contribution in [1.29, 1.82) is 0 Å². The van der Waals surface area contributed by atoms with Crippen molar-refractivity contribution in [1.82, 2.24) is 10.2 Å². The van der Waals surface area contributed by atoms with E-state index >= 15 is 0 Å². The number of rotatable bonds is 12. The summed E-state index contributed by atoms with van der Waals surface area (Å²) in [6.45, 7) is 5.48. The number of halogens is 1. The fourth-order valence-corrected chi connectivity index (χ4v) is 5.55. The molecule has 3 aromatic carbocycles. The average molecular weight is 572 g/mol. The highest BCUT2D eigenvalue weighted by Crippen LogP contribution is 2.26. The molecule has 0 aromatic heterocycles. The van der Waals surface area contributed by atoms with Crippen LogP contribution in [0.3, 0.4) is 0 Å². The molecular formula is C29H34ClN3O5S. The Morgan fingerprint density at radius 3 is 2.28 bits per heavy atom. The van der Waals surface area contributed by atoms with E-state index in [9.17, 15) is 18.0 Å². The first-order valence-corrected chi connectivity index (χ1v) is 14.4. The van der Waals surface area contributed by atoms with E-state index in [4.69, 9.17) is 16.3 Å². The minimum Gasteiger partial charge on any atom is -0.497 e. The molecule has 1 atom stereocenters. The number of ether oxygens (including phenoxy) is 1. The van der Waals surface area contributed by atoms with E-state index in [1.165, 1.54) is 24.1 Å². The molecule has 1 N–H and O–H groups in total. The number of aryl methyl sites for hydroxylation is 1. The van der Waals surface area contributed by atoms with Crippen LogP contribution in [-0.4, -0.2) is 51.4 Å². The molecule has 0 unspecified atom stereocenters. The Morgan fingerprint density at radius 2 is 1.69 bits per heavy atom. The van der Waals surface area contributed by atoms with Crippen LogP contribution in [0.2, 0.25) is 5.02 Å². The summed E-state index contributed by atoms with van der Waals surface area (Å²) in [5.74, 6) is -0.356. The second-order valence-electron chi connectivity index (χ2n) is 9.14. The first-order valence-electron chi connectivity index (χ1n) is 12.6. The fraction of sp³-hybridized carbons (Fsp3) is 0.310. The molecule has 0 saturated carbocycles. The number of hydrogen-bond donors (Lipinski definition) is 1. The van der Waals surface area contributed by atoms with Crippen LogP contribution in [0.25, 0.3) is 0 Å². The van der Waals surface area contributed by atoms with Gasteiger partial charge in [0, 0.05) is 18.1 Å². The number of amides is 2. The summed E-state index contributed by atoms with van der Waals surface area (Å²) in [5, 5.41) is 3.31. The van der Waals surface area contributed by atoms with Crippen molar-refractivity contribution in [3.63, 3.8) is 0 Å². The van der Waals surface area contributed by atoms with E-state index < -0.39 is 28.5 Å². The minimum atomic E-state index is -4.15. The SMILES string of the molecule is CCCNC(=O)[C@H](C)N(Cc1cccc(Cl)c1)C(=O)CN(c1ccc(C)cc1)S(=O)(=O)c1ccc(OC)cc1. The lowest BCUT2D eigenvalue weighted by Crippen LogP contribution is -2.51. The molecule has 0 bridgehead atoms. The summed E-state index contributed by atoms with van der Waals surface area (Å²) in [6, 6.07) is 19.0. The van der Waals surface area contributed by atoms with Crippen LogP contribution >= 0.6 is 11.6 Å². The zero-order valence-electron chi connectivity index (χ0n) is 22.6. The molecule has 3 aromatic rings. The van der Waals surface area contributed by atoms with Gasteiger partial charge in [0.05, 0.1) is 17.7 Å². The third-order valence-electron chi connectivity index (χ3n) is 6.21. The summed E-state index contributed by atoms with van der Waals surface area (Å²) in [5.41, 5.74) is 1.98. The van der Waals surface area contributed by atoms with Crippen molar-refractivity contribution < 1.29 is 22.7 Å². The number of sulfonamides is 1. The fourth-order valence-electron chi connectivity index (χ4n) is 3.93. The first-order chi connectivity index (χ1) is 18.6. The van der Waals surface area contributed by atoms with E-state index in [0.29, 0.717) is 28.6 Å². The first kappa shape index (κ1) is 30.0. The molecule has 0 spiro atoms. The Hall–Kier alpha value is -3.56. The molecule has 0 aliphatic heterocycles. The zero-order chi connectivity index (χ0) is 28.6. The molecule has 0 heterocycles. The van der Waals surface area contributed by atoms with Crippen molar-refractivity contribution in [2.75, 3.05) is 24.5 Å². The summed E-state index contributed by atoms with van der Waals surface area (Å²) in [6.07, 6.45) is 0.738. The lowest BCUT2D eigenvalue weighted by Gasteiger charge is -2.32. The van der Waals surface area contributed by atoms with Gasteiger partial charge in [0.1, 0.15) is 18.3 Å². The van der Waals surface area contributed by atoms with Gasteiger partial charge >= 0.3 is 0 Å². The average Bonchev–Trinajstić information content (AvgIpc) is 2.93. The predicted octanol–water partition coefficient (Wildman–Crippen LogP) is 4.80. The predicted molar refractivity (Wildman–Crippen MR) is 153 cm³/mol. The lowest BCUT2D eigenvalue weighted by atomic mass is 10.1. The normalized spacial score (nSPS) is 11.9. The highest BCUT2D eigenvalue weighted by Gasteiger charge is 2.32. The van der Waals surface area contributed by atoms with Gasteiger partial charge in [-0.2, -0.15) is 0 Å². The molecule has 0 fully saturated rings. The van der Waals surface area contributed by atoms with Gasteiger partial charge in [-0.05, 0) is 74.4 Å². The number of anilines is 1. The molecule has 0 radical (unpaired) electrons. The van der Waals surface area contributed by atoms with Gasteiger partial charge in [-0.25, -0.2) is 8.42 Å². The number of methoxy groups -OCH3 is 1. The Bertz CT molecular complexity index is 1380. The molecular weight excluding hydrogens is 538 g/mol. The van der Waals surface area contributed by atoms with Crippen LogP contribution in [0, 0.1) is 6.92 Å². The molecule has 39 heavy (non-hydrogen) atoms. The Labute approximate surface area is 235 Å². The third-order valence-corrected chi connectivity index (χ3v) is 8.23. The van der Waals surface area contributed by atoms with Gasteiger partial charge in [-0.1, -0.05) is 48.4 Å². The van der Waals surface area contributed by atoms with E-state index in [1.54, 1.807) is 67.6 Å². The van der Waals surface area contributed by atoms with Crippen LogP contribution in [0.15, 0.2) is 77.7 Å². The van der Waals surface area contributed by atoms with Crippen LogP contribution in [-0.2, 0) is 26.2 Å². The summed E-state index contributed by atoms with van der Waals surface area (Å²) < 4.78 is 33.9. The summed E-state index contributed by atoms with van der Waals surface area (Å²) in [7, 11) is -2.66. The molecule has 10 heteroatoms. The molecule has 0 aliphatic carbocycles. The maximum atomic E-state index is 13.9. The van der Waals surface area contributed by atoms with Crippen molar-refractivity contribution in [3.05, 3.63) is 88.9 Å². The molecule has 0 aliphatic rings. The highest BCUT2D eigenvalue weighted by molar-refractivity contribution is 7.92. The van der Waals surface area contributed by atoms with Gasteiger partial charge in [0.2, 0.25) is 11.8 Å². The zero-order valence-corrected chi connectivity index (χ0v) is 24.1. The van der Waals surface area contributed by atoms with E-state index in [-0.39, 0.29) is 17.3 Å². The van der Waals surface area contributed by atoms with Crippen LogP contribution < -0.4 is 14.4 Å². The largest absolute Gasteiger partial charge is 0.497 e. The Morgan fingerprint density at radius 1 is 1.03 bits per heavy atom. The highest BCUT2D eigenvalue weighted by atomic mass is 35.5. The third kappa shape index (κ3) is 7.74. The topological polar surface area (TPSA) is 96.0 Å². The van der Waals surface area contributed by atoms with Crippen LogP contribution in [0.1, 0.15) is 31.4 Å². The van der Waals surface area contributed by atoms with Crippen LogP contribution in [0.5, 0.6) is 5.75 Å². The maximum Gasteiger partial charge on any atom is 0.264 e. The van der Waals surface area contributed by atoms with Gasteiger partial charge in [0.25, 0.3) is 10.0 Å². The standard InChI is InChI=1S/C29H34ClN3O5S/c1-5-17-31-29(35)22(3)32(19-23-7-6-8-24(30)18-23)28(34)20-33(25-11-9-21(2)10-12-25)39(36,37)27-15-13-26(38-4)14-16-27/h6-16,18,22H,5,17,19-20H2,1-4H3,(H,31,35)/t22-/m0/s1. The number of nitrogens with zero attached hydrogens (tertiary/aromatic N) is 2.